The van der Waals surface area contributed by atoms with Crippen LogP contribution < -0.4 is 10.5 Å². The first-order valence-electron chi connectivity index (χ1n) is 7.60. The molecule has 4 heteroatoms. The summed E-state index contributed by atoms with van der Waals surface area (Å²) in [4.78, 5) is 16.0. The number of rotatable bonds is 3. The van der Waals surface area contributed by atoms with E-state index in [1.54, 1.807) is 16.8 Å². The third kappa shape index (κ3) is 2.75. The minimum atomic E-state index is -0.190. The molecule has 0 aliphatic heterocycles. The van der Waals surface area contributed by atoms with Crippen molar-refractivity contribution >= 4 is 0 Å². The summed E-state index contributed by atoms with van der Waals surface area (Å²) < 4.78 is 1.65. The Bertz CT molecular complexity index is 869. The SMILES string of the molecule is CC(C)c1c(O)cc(-c2ccc[nH+]c2)n(-c2ccccc2)c1=O. The number of aromatic nitrogens is 2. The Morgan fingerprint density at radius 1 is 1.09 bits per heavy atom. The normalized spacial score (nSPS) is 10.9. The quantitative estimate of drug-likeness (QED) is 0.808. The van der Waals surface area contributed by atoms with E-state index in [2.05, 4.69) is 4.98 Å². The van der Waals surface area contributed by atoms with Gasteiger partial charge in [-0.05, 0) is 24.1 Å². The molecule has 0 aliphatic carbocycles. The maximum atomic E-state index is 13.0. The lowest BCUT2D eigenvalue weighted by molar-refractivity contribution is -0.377. The highest BCUT2D eigenvalue weighted by Gasteiger charge is 2.19. The van der Waals surface area contributed by atoms with Gasteiger partial charge in [-0.1, -0.05) is 32.0 Å². The van der Waals surface area contributed by atoms with Gasteiger partial charge < -0.3 is 5.11 Å². The predicted molar refractivity (Wildman–Crippen MR) is 89.8 cm³/mol. The van der Waals surface area contributed by atoms with Crippen LogP contribution in [0.5, 0.6) is 5.75 Å². The van der Waals surface area contributed by atoms with E-state index in [9.17, 15) is 9.90 Å². The van der Waals surface area contributed by atoms with E-state index in [1.165, 1.54) is 0 Å². The van der Waals surface area contributed by atoms with E-state index in [0.717, 1.165) is 11.3 Å². The summed E-state index contributed by atoms with van der Waals surface area (Å²) in [6.45, 7) is 3.81. The van der Waals surface area contributed by atoms with Crippen LogP contribution in [-0.4, -0.2) is 9.67 Å². The van der Waals surface area contributed by atoms with Crippen LogP contribution in [0.1, 0.15) is 25.3 Å². The summed E-state index contributed by atoms with van der Waals surface area (Å²) in [6.07, 6.45) is 3.61. The number of nitrogens with one attached hydrogen (secondary N) is 1. The molecule has 0 aliphatic rings. The van der Waals surface area contributed by atoms with Gasteiger partial charge in [0.15, 0.2) is 12.4 Å². The highest BCUT2D eigenvalue weighted by Crippen LogP contribution is 2.29. The maximum Gasteiger partial charge on any atom is 0.262 e. The van der Waals surface area contributed by atoms with Crippen molar-refractivity contribution < 1.29 is 10.1 Å². The van der Waals surface area contributed by atoms with Gasteiger partial charge in [0.2, 0.25) is 0 Å². The topological polar surface area (TPSA) is 56.4 Å². The average molecular weight is 307 g/mol. The second-order valence-corrected chi connectivity index (χ2v) is 5.75. The molecular formula is C19H19N2O2+. The lowest BCUT2D eigenvalue weighted by Gasteiger charge is -2.17. The summed E-state index contributed by atoms with van der Waals surface area (Å²) in [6, 6.07) is 14.9. The largest absolute Gasteiger partial charge is 0.507 e. The summed E-state index contributed by atoms with van der Waals surface area (Å²) in [7, 11) is 0. The fraction of sp³-hybridized carbons (Fsp3) is 0.158. The summed E-state index contributed by atoms with van der Waals surface area (Å²) >= 11 is 0. The molecule has 3 rings (SSSR count). The Labute approximate surface area is 134 Å². The Balaban J connectivity index is 2.38. The molecule has 0 saturated carbocycles. The van der Waals surface area contributed by atoms with Gasteiger partial charge in [0, 0.05) is 17.8 Å². The molecular weight excluding hydrogens is 288 g/mol. The third-order valence-electron chi connectivity index (χ3n) is 3.82. The highest BCUT2D eigenvalue weighted by molar-refractivity contribution is 5.63. The van der Waals surface area contributed by atoms with Crippen molar-refractivity contribution in [1.29, 1.82) is 0 Å². The molecule has 0 saturated heterocycles. The van der Waals surface area contributed by atoms with Crippen LogP contribution in [0, 0.1) is 0 Å². The number of hydrogen-bond donors (Lipinski definition) is 1. The van der Waals surface area contributed by atoms with Crippen LogP contribution in [0.4, 0.5) is 0 Å². The zero-order valence-corrected chi connectivity index (χ0v) is 13.2. The Hall–Kier alpha value is -2.88. The number of benzene rings is 1. The molecule has 0 atom stereocenters. The Kier molecular flexibility index (Phi) is 3.98. The molecule has 2 heterocycles. The van der Waals surface area contributed by atoms with Crippen LogP contribution in [0.2, 0.25) is 0 Å². The van der Waals surface area contributed by atoms with Crippen molar-refractivity contribution in [2.24, 2.45) is 0 Å². The van der Waals surface area contributed by atoms with Crippen molar-refractivity contribution in [3.05, 3.63) is 76.8 Å². The van der Waals surface area contributed by atoms with Gasteiger partial charge in [-0.25, -0.2) is 4.98 Å². The van der Waals surface area contributed by atoms with Gasteiger partial charge in [-0.2, -0.15) is 0 Å². The van der Waals surface area contributed by atoms with Gasteiger partial charge in [0.05, 0.1) is 16.8 Å². The van der Waals surface area contributed by atoms with Crippen molar-refractivity contribution in [2.75, 3.05) is 0 Å². The Morgan fingerprint density at radius 2 is 1.83 bits per heavy atom. The first kappa shape index (κ1) is 15.0. The van der Waals surface area contributed by atoms with E-state index in [4.69, 9.17) is 0 Å². The highest BCUT2D eigenvalue weighted by atomic mass is 16.3. The molecule has 2 aromatic heterocycles. The molecule has 0 unspecified atom stereocenters. The van der Waals surface area contributed by atoms with Crippen LogP contribution in [-0.2, 0) is 0 Å². The molecule has 0 spiro atoms. The molecule has 0 fully saturated rings. The minimum absolute atomic E-state index is 0.0380. The predicted octanol–water partition coefficient (Wildman–Crippen LogP) is 3.15. The first-order valence-corrected chi connectivity index (χ1v) is 7.60. The zero-order chi connectivity index (χ0) is 16.4. The standard InChI is InChI=1S/C19H18N2O2/c1-13(2)18-17(22)11-16(14-7-6-10-20-12-14)21(19(18)23)15-8-4-3-5-9-15/h3-13,22H,1-2H3/p+1. The third-order valence-corrected chi connectivity index (χ3v) is 3.82. The molecule has 1 aromatic carbocycles. The van der Waals surface area contributed by atoms with Gasteiger partial charge in [-0.3, -0.25) is 9.36 Å². The number of H-pyrrole nitrogens is 1. The number of para-hydroxylation sites is 1. The van der Waals surface area contributed by atoms with E-state index in [0.29, 0.717) is 11.3 Å². The number of nitrogens with zero attached hydrogens (tertiary/aromatic N) is 1. The summed E-state index contributed by atoms with van der Waals surface area (Å²) in [5.41, 5.74) is 2.50. The van der Waals surface area contributed by atoms with Gasteiger partial charge in [-0.15, -0.1) is 0 Å². The molecule has 0 radical (unpaired) electrons. The average Bonchev–Trinajstić information content (AvgIpc) is 2.55. The smallest absolute Gasteiger partial charge is 0.262 e. The molecule has 23 heavy (non-hydrogen) atoms. The van der Waals surface area contributed by atoms with E-state index < -0.39 is 0 Å². The first-order chi connectivity index (χ1) is 11.1. The molecule has 4 nitrogen and oxygen atoms in total. The number of aromatic hydroxyl groups is 1. The molecule has 2 N–H and O–H groups in total. The van der Waals surface area contributed by atoms with Crippen molar-refractivity contribution in [1.82, 2.24) is 4.57 Å². The fourth-order valence-corrected chi connectivity index (χ4v) is 2.75. The zero-order valence-electron chi connectivity index (χ0n) is 13.2. The van der Waals surface area contributed by atoms with Crippen LogP contribution in [0.3, 0.4) is 0 Å². The molecule has 0 bridgehead atoms. The Morgan fingerprint density at radius 3 is 2.43 bits per heavy atom. The summed E-state index contributed by atoms with van der Waals surface area (Å²) in [5, 5.41) is 10.4. The van der Waals surface area contributed by atoms with Crippen LogP contribution in [0.25, 0.3) is 16.9 Å². The fourth-order valence-electron chi connectivity index (χ4n) is 2.75. The molecule has 3 aromatic rings. The molecule has 0 amide bonds. The second-order valence-electron chi connectivity index (χ2n) is 5.75. The minimum Gasteiger partial charge on any atom is -0.507 e. The lowest BCUT2D eigenvalue weighted by Crippen LogP contribution is -2.25. The molecule has 116 valence electrons. The van der Waals surface area contributed by atoms with Crippen molar-refractivity contribution in [3.63, 3.8) is 0 Å². The van der Waals surface area contributed by atoms with Crippen LogP contribution >= 0.6 is 0 Å². The van der Waals surface area contributed by atoms with Gasteiger partial charge in [0.25, 0.3) is 5.56 Å². The van der Waals surface area contributed by atoms with Crippen molar-refractivity contribution in [3.8, 4) is 22.7 Å². The van der Waals surface area contributed by atoms with E-state index in [1.807, 2.05) is 62.5 Å². The van der Waals surface area contributed by atoms with Gasteiger partial charge in [0.1, 0.15) is 5.75 Å². The lowest BCUT2D eigenvalue weighted by atomic mass is 10.0. The number of hydrogen-bond acceptors (Lipinski definition) is 2. The summed E-state index contributed by atoms with van der Waals surface area (Å²) in [5.74, 6) is -0.0233. The van der Waals surface area contributed by atoms with Crippen molar-refractivity contribution in [2.45, 2.75) is 19.8 Å². The number of pyridine rings is 2. The van der Waals surface area contributed by atoms with E-state index in [-0.39, 0.29) is 17.2 Å². The second kappa shape index (κ2) is 6.08. The van der Waals surface area contributed by atoms with Gasteiger partial charge >= 0.3 is 0 Å². The maximum absolute atomic E-state index is 13.0. The number of aromatic amines is 1. The van der Waals surface area contributed by atoms with Crippen LogP contribution in [0.15, 0.2) is 65.7 Å². The van der Waals surface area contributed by atoms with E-state index >= 15 is 0 Å². The monoisotopic (exact) mass is 307 g/mol.